The van der Waals surface area contributed by atoms with Crippen molar-refractivity contribution in [3.8, 4) is 34.4 Å². The second-order valence-corrected chi connectivity index (χ2v) is 5.65. The van der Waals surface area contributed by atoms with Gasteiger partial charge in [0.25, 0.3) is 5.56 Å². The van der Waals surface area contributed by atoms with Gasteiger partial charge in [-0.1, -0.05) is 42.5 Å². The zero-order valence-electron chi connectivity index (χ0n) is 13.7. The molecule has 2 aromatic carbocycles. The molecular weight excluding hydrogens is 328 g/mol. The van der Waals surface area contributed by atoms with Crippen LogP contribution in [0.15, 0.2) is 53.3 Å². The standard InChI is InChI=1S/C20H14N4O2/c21-9-16-18(17(10-22)20(26)24-19(16)23)15-3-1-2-14(8-15)13-6-4-12(11-25)5-7-13/h1-8,25H,11H2,(H3,23,24,26). The van der Waals surface area contributed by atoms with Gasteiger partial charge >= 0.3 is 0 Å². The highest BCUT2D eigenvalue weighted by molar-refractivity contribution is 5.82. The van der Waals surface area contributed by atoms with Crippen LogP contribution in [0.2, 0.25) is 0 Å². The van der Waals surface area contributed by atoms with Gasteiger partial charge in [0.2, 0.25) is 0 Å². The lowest BCUT2D eigenvalue weighted by Gasteiger charge is -2.11. The highest BCUT2D eigenvalue weighted by atomic mass is 16.3. The Morgan fingerprint density at radius 2 is 1.62 bits per heavy atom. The fourth-order valence-corrected chi connectivity index (χ4v) is 2.79. The number of nitrogen functional groups attached to an aromatic ring is 1. The van der Waals surface area contributed by atoms with E-state index >= 15 is 0 Å². The predicted octanol–water partition coefficient (Wildman–Crippen LogP) is 2.53. The van der Waals surface area contributed by atoms with Gasteiger partial charge in [-0.2, -0.15) is 10.5 Å². The van der Waals surface area contributed by atoms with Crippen molar-refractivity contribution in [2.75, 3.05) is 5.73 Å². The van der Waals surface area contributed by atoms with Crippen LogP contribution in [-0.4, -0.2) is 10.1 Å². The molecule has 0 amide bonds. The van der Waals surface area contributed by atoms with Crippen LogP contribution in [0.3, 0.4) is 0 Å². The number of aliphatic hydroxyl groups excluding tert-OH is 1. The highest BCUT2D eigenvalue weighted by Crippen LogP contribution is 2.31. The molecule has 0 aliphatic rings. The number of nitriles is 2. The number of rotatable bonds is 3. The minimum Gasteiger partial charge on any atom is -0.392 e. The molecule has 3 aromatic rings. The van der Waals surface area contributed by atoms with Crippen molar-refractivity contribution in [1.82, 2.24) is 4.98 Å². The number of nitrogens with two attached hydrogens (primary N) is 1. The number of nitrogens with zero attached hydrogens (tertiary/aromatic N) is 2. The van der Waals surface area contributed by atoms with Crippen LogP contribution in [0.25, 0.3) is 22.3 Å². The van der Waals surface area contributed by atoms with Crippen LogP contribution in [0, 0.1) is 22.7 Å². The summed E-state index contributed by atoms with van der Waals surface area (Å²) in [6, 6.07) is 18.4. The monoisotopic (exact) mass is 342 g/mol. The Morgan fingerprint density at radius 3 is 2.23 bits per heavy atom. The normalized spacial score (nSPS) is 10.1. The molecule has 0 aliphatic heterocycles. The molecule has 0 saturated carbocycles. The van der Waals surface area contributed by atoms with Gasteiger partial charge in [-0.15, -0.1) is 0 Å². The minimum absolute atomic E-state index is 0.0382. The summed E-state index contributed by atoms with van der Waals surface area (Å²) in [4.78, 5) is 14.4. The number of hydrogen-bond acceptors (Lipinski definition) is 5. The molecule has 0 fully saturated rings. The van der Waals surface area contributed by atoms with Crippen LogP contribution in [0.1, 0.15) is 16.7 Å². The van der Waals surface area contributed by atoms with Gasteiger partial charge in [0.05, 0.1) is 6.61 Å². The fourth-order valence-electron chi connectivity index (χ4n) is 2.79. The van der Waals surface area contributed by atoms with Crippen LogP contribution in [-0.2, 0) is 6.61 Å². The topological polar surface area (TPSA) is 127 Å². The Kier molecular flexibility index (Phi) is 4.53. The van der Waals surface area contributed by atoms with Gasteiger partial charge in [-0.3, -0.25) is 4.79 Å². The first-order valence-corrected chi connectivity index (χ1v) is 7.75. The molecule has 0 unspecified atom stereocenters. The van der Waals surface area contributed by atoms with Crippen molar-refractivity contribution in [3.05, 3.63) is 75.6 Å². The molecule has 0 radical (unpaired) electrons. The average molecular weight is 342 g/mol. The molecule has 1 aromatic heterocycles. The quantitative estimate of drug-likeness (QED) is 0.674. The van der Waals surface area contributed by atoms with E-state index in [0.717, 1.165) is 16.7 Å². The lowest BCUT2D eigenvalue weighted by atomic mass is 9.93. The average Bonchev–Trinajstić information content (AvgIpc) is 2.67. The molecule has 0 saturated heterocycles. The van der Waals surface area contributed by atoms with Crippen molar-refractivity contribution in [2.24, 2.45) is 0 Å². The number of anilines is 1. The van der Waals surface area contributed by atoms with Gasteiger partial charge < -0.3 is 15.8 Å². The van der Waals surface area contributed by atoms with Gasteiger partial charge in [-0.05, 0) is 28.3 Å². The molecule has 0 aliphatic carbocycles. The summed E-state index contributed by atoms with van der Waals surface area (Å²) in [5.74, 6) is -0.0656. The maximum Gasteiger partial charge on any atom is 0.268 e. The molecule has 1 heterocycles. The van der Waals surface area contributed by atoms with E-state index in [1.807, 2.05) is 42.5 Å². The maximum absolute atomic E-state index is 12.1. The van der Waals surface area contributed by atoms with E-state index in [1.54, 1.807) is 18.2 Å². The number of benzene rings is 2. The van der Waals surface area contributed by atoms with Crippen LogP contribution in [0.5, 0.6) is 0 Å². The molecule has 0 spiro atoms. The fraction of sp³-hybridized carbons (Fsp3) is 0.0500. The lowest BCUT2D eigenvalue weighted by Crippen LogP contribution is -2.16. The van der Waals surface area contributed by atoms with E-state index in [-0.39, 0.29) is 29.1 Å². The van der Waals surface area contributed by atoms with Crippen molar-refractivity contribution in [2.45, 2.75) is 6.61 Å². The van der Waals surface area contributed by atoms with Crippen molar-refractivity contribution in [3.63, 3.8) is 0 Å². The number of aliphatic hydroxyl groups is 1. The first-order chi connectivity index (χ1) is 12.6. The van der Waals surface area contributed by atoms with Crippen molar-refractivity contribution >= 4 is 5.82 Å². The third-order valence-electron chi connectivity index (χ3n) is 4.09. The van der Waals surface area contributed by atoms with Crippen LogP contribution < -0.4 is 11.3 Å². The molecule has 6 nitrogen and oxygen atoms in total. The molecule has 3 rings (SSSR count). The van der Waals surface area contributed by atoms with E-state index in [2.05, 4.69) is 4.98 Å². The number of aromatic amines is 1. The molecule has 0 atom stereocenters. The van der Waals surface area contributed by atoms with E-state index in [0.29, 0.717) is 5.56 Å². The smallest absolute Gasteiger partial charge is 0.268 e. The summed E-state index contributed by atoms with van der Waals surface area (Å²) in [5.41, 5.74) is 8.38. The summed E-state index contributed by atoms with van der Waals surface area (Å²) in [7, 11) is 0. The third kappa shape index (κ3) is 2.93. The van der Waals surface area contributed by atoms with Crippen LogP contribution >= 0.6 is 0 Å². The number of H-pyrrole nitrogens is 1. The van der Waals surface area contributed by atoms with E-state index < -0.39 is 5.56 Å². The first kappa shape index (κ1) is 17.0. The molecule has 0 bridgehead atoms. The minimum atomic E-state index is -0.628. The van der Waals surface area contributed by atoms with Crippen molar-refractivity contribution in [1.29, 1.82) is 10.5 Å². The second kappa shape index (κ2) is 6.94. The zero-order valence-corrected chi connectivity index (χ0v) is 13.7. The SMILES string of the molecule is N#Cc1c(N)[nH]c(=O)c(C#N)c1-c1cccc(-c2ccc(CO)cc2)c1. The lowest BCUT2D eigenvalue weighted by molar-refractivity contribution is 0.282. The van der Waals surface area contributed by atoms with Crippen molar-refractivity contribution < 1.29 is 5.11 Å². The van der Waals surface area contributed by atoms with Gasteiger partial charge in [-0.25, -0.2) is 0 Å². The van der Waals surface area contributed by atoms with Gasteiger partial charge in [0, 0.05) is 5.56 Å². The maximum atomic E-state index is 12.1. The zero-order chi connectivity index (χ0) is 18.7. The summed E-state index contributed by atoms with van der Waals surface area (Å²) in [6.45, 7) is -0.0382. The predicted molar refractivity (Wildman–Crippen MR) is 97.7 cm³/mol. The van der Waals surface area contributed by atoms with Gasteiger partial charge in [0.15, 0.2) is 0 Å². The van der Waals surface area contributed by atoms with Gasteiger partial charge in [0.1, 0.15) is 29.1 Å². The van der Waals surface area contributed by atoms with E-state index in [9.17, 15) is 15.3 Å². The Hall–Kier alpha value is -3.87. The number of nitrogens with one attached hydrogen (secondary N) is 1. The van der Waals surface area contributed by atoms with E-state index in [1.165, 1.54) is 0 Å². The highest BCUT2D eigenvalue weighted by Gasteiger charge is 2.18. The molecule has 4 N–H and O–H groups in total. The first-order valence-electron chi connectivity index (χ1n) is 7.75. The summed E-state index contributed by atoms with van der Waals surface area (Å²) < 4.78 is 0. The number of hydrogen-bond donors (Lipinski definition) is 3. The third-order valence-corrected chi connectivity index (χ3v) is 4.09. The van der Waals surface area contributed by atoms with Crippen LogP contribution in [0.4, 0.5) is 5.82 Å². The largest absolute Gasteiger partial charge is 0.392 e. The molecule has 26 heavy (non-hydrogen) atoms. The molecule has 126 valence electrons. The summed E-state index contributed by atoms with van der Waals surface area (Å²) in [5, 5.41) is 28.0. The number of pyridine rings is 1. The Labute approximate surface area is 149 Å². The summed E-state index contributed by atoms with van der Waals surface area (Å²) >= 11 is 0. The van der Waals surface area contributed by atoms with E-state index in [4.69, 9.17) is 10.8 Å². The number of aromatic nitrogens is 1. The molecule has 6 heteroatoms. The molecular formula is C20H14N4O2. The summed E-state index contributed by atoms with van der Waals surface area (Å²) in [6.07, 6.45) is 0. The Morgan fingerprint density at radius 1 is 0.962 bits per heavy atom. The second-order valence-electron chi connectivity index (χ2n) is 5.65. The Bertz CT molecular complexity index is 1120. The Balaban J connectivity index is 2.22.